The van der Waals surface area contributed by atoms with Crippen LogP contribution < -0.4 is 18.9 Å². The fraction of sp³-hybridized carbons (Fsp3) is 0.750. The Bertz CT molecular complexity index is 184. The van der Waals surface area contributed by atoms with Crippen LogP contribution in [0.3, 0.4) is 0 Å². The molecular formula is C8H15LiO5. The number of methoxy groups -OCH3 is 2. The van der Waals surface area contributed by atoms with Crippen molar-refractivity contribution in [1.82, 2.24) is 0 Å². The molecule has 0 saturated carbocycles. The fourth-order valence-electron chi connectivity index (χ4n) is 0.868. The second-order valence-electron chi connectivity index (χ2n) is 2.52. The zero-order valence-corrected chi connectivity index (χ0v) is 8.78. The summed E-state index contributed by atoms with van der Waals surface area (Å²) in [7, 11) is 2.99. The SMILES string of the molecule is COC(CCCC(=O)C(=O)O)OC.[H-].[Li+]. The number of hydrogen-bond donors (Lipinski definition) is 1. The second kappa shape index (κ2) is 9.22. The molecule has 0 rings (SSSR count). The van der Waals surface area contributed by atoms with Crippen LogP contribution in [0.1, 0.15) is 20.7 Å². The van der Waals surface area contributed by atoms with Gasteiger partial charge in [0.05, 0.1) is 0 Å². The monoisotopic (exact) mass is 198 g/mol. The molecule has 6 heteroatoms. The van der Waals surface area contributed by atoms with Gasteiger partial charge in [0.2, 0.25) is 5.78 Å². The van der Waals surface area contributed by atoms with E-state index in [1.807, 2.05) is 0 Å². The van der Waals surface area contributed by atoms with Crippen molar-refractivity contribution < 1.29 is 44.5 Å². The number of carbonyl (C=O) groups is 2. The van der Waals surface area contributed by atoms with E-state index in [0.29, 0.717) is 12.8 Å². The first-order chi connectivity index (χ1) is 6.11. The van der Waals surface area contributed by atoms with Gasteiger partial charge in [0.1, 0.15) is 0 Å². The first kappa shape index (κ1) is 16.1. The molecular weight excluding hydrogens is 183 g/mol. The number of carboxylic acid groups (broad SMARTS) is 1. The summed E-state index contributed by atoms with van der Waals surface area (Å²) < 4.78 is 9.72. The van der Waals surface area contributed by atoms with Crippen molar-refractivity contribution in [3.05, 3.63) is 0 Å². The van der Waals surface area contributed by atoms with Crippen LogP contribution in [0.25, 0.3) is 0 Å². The minimum Gasteiger partial charge on any atom is -1.00 e. The molecule has 0 aliphatic heterocycles. The predicted molar refractivity (Wildman–Crippen MR) is 45.4 cm³/mol. The Kier molecular flexibility index (Phi) is 10.6. The number of carbonyl (C=O) groups excluding carboxylic acids is 1. The molecule has 0 aliphatic carbocycles. The van der Waals surface area contributed by atoms with Gasteiger partial charge in [-0.3, -0.25) is 4.79 Å². The molecule has 5 nitrogen and oxygen atoms in total. The first-order valence-electron chi connectivity index (χ1n) is 3.93. The van der Waals surface area contributed by atoms with Gasteiger partial charge in [0.15, 0.2) is 6.29 Å². The molecule has 0 atom stereocenters. The average molecular weight is 198 g/mol. The summed E-state index contributed by atoms with van der Waals surface area (Å²) in [5, 5.41) is 8.25. The number of aliphatic carboxylic acids is 1. The Labute approximate surface area is 96.4 Å². The molecule has 0 radical (unpaired) electrons. The molecule has 0 amide bonds. The van der Waals surface area contributed by atoms with Crippen LogP contribution >= 0.6 is 0 Å². The van der Waals surface area contributed by atoms with E-state index in [9.17, 15) is 9.59 Å². The normalized spacial score (nSPS) is 9.64. The number of rotatable bonds is 7. The Morgan fingerprint density at radius 3 is 2.21 bits per heavy atom. The van der Waals surface area contributed by atoms with E-state index in [1.54, 1.807) is 0 Å². The van der Waals surface area contributed by atoms with Crippen molar-refractivity contribution in [3.8, 4) is 0 Å². The molecule has 0 aromatic heterocycles. The third-order valence-electron chi connectivity index (χ3n) is 1.61. The van der Waals surface area contributed by atoms with Gasteiger partial charge in [0, 0.05) is 20.6 Å². The molecule has 0 unspecified atom stereocenters. The van der Waals surface area contributed by atoms with Crippen molar-refractivity contribution in [2.45, 2.75) is 25.6 Å². The van der Waals surface area contributed by atoms with Crippen molar-refractivity contribution in [1.29, 1.82) is 0 Å². The predicted octanol–water partition coefficient (Wildman–Crippen LogP) is -2.45. The van der Waals surface area contributed by atoms with Gasteiger partial charge < -0.3 is 16.0 Å². The molecule has 0 spiro atoms. The number of hydrogen-bond acceptors (Lipinski definition) is 4. The topological polar surface area (TPSA) is 72.8 Å². The molecule has 0 aliphatic rings. The zero-order valence-electron chi connectivity index (χ0n) is 9.78. The summed E-state index contributed by atoms with van der Waals surface area (Å²) in [4.78, 5) is 20.7. The van der Waals surface area contributed by atoms with E-state index in [4.69, 9.17) is 14.6 Å². The van der Waals surface area contributed by atoms with Crippen LogP contribution in [0.4, 0.5) is 0 Å². The van der Waals surface area contributed by atoms with Gasteiger partial charge in [-0.25, -0.2) is 4.79 Å². The largest absolute Gasteiger partial charge is 1.00 e. The van der Waals surface area contributed by atoms with Gasteiger partial charge in [-0.05, 0) is 12.8 Å². The Balaban J connectivity index is -0.000000720. The number of Topliss-reactive ketones (excluding diaryl/α,β-unsaturated/α-hetero) is 1. The van der Waals surface area contributed by atoms with Crippen molar-refractivity contribution in [3.63, 3.8) is 0 Å². The van der Waals surface area contributed by atoms with E-state index in [0.717, 1.165) is 0 Å². The summed E-state index contributed by atoms with van der Waals surface area (Å²) in [6, 6.07) is 0. The second-order valence-corrected chi connectivity index (χ2v) is 2.52. The maximum Gasteiger partial charge on any atom is 1.00 e. The maximum absolute atomic E-state index is 10.6. The Hall–Kier alpha value is -0.343. The van der Waals surface area contributed by atoms with Crippen LogP contribution in [-0.2, 0) is 19.1 Å². The van der Waals surface area contributed by atoms with E-state index < -0.39 is 11.8 Å². The van der Waals surface area contributed by atoms with Gasteiger partial charge in [-0.2, -0.15) is 0 Å². The minimum atomic E-state index is -1.38. The van der Waals surface area contributed by atoms with Crippen LogP contribution in [-0.4, -0.2) is 37.4 Å². The van der Waals surface area contributed by atoms with Crippen LogP contribution in [0, 0.1) is 0 Å². The van der Waals surface area contributed by atoms with Gasteiger partial charge in [-0.15, -0.1) is 0 Å². The van der Waals surface area contributed by atoms with E-state index in [1.165, 1.54) is 14.2 Å². The molecule has 14 heavy (non-hydrogen) atoms. The minimum absolute atomic E-state index is 0. The maximum atomic E-state index is 10.6. The molecule has 0 aromatic rings. The number of carboxylic acids is 1. The Morgan fingerprint density at radius 1 is 1.36 bits per heavy atom. The molecule has 0 saturated heterocycles. The molecule has 0 aromatic carbocycles. The number of ketones is 1. The van der Waals surface area contributed by atoms with Gasteiger partial charge in [-0.1, -0.05) is 0 Å². The van der Waals surface area contributed by atoms with Crippen molar-refractivity contribution in [2.24, 2.45) is 0 Å². The first-order valence-corrected chi connectivity index (χ1v) is 3.93. The van der Waals surface area contributed by atoms with Crippen LogP contribution in [0.15, 0.2) is 0 Å². The molecule has 1 N–H and O–H groups in total. The standard InChI is InChI=1S/C8H14O5.Li.H/c1-12-7(13-2)5-3-4-6(9)8(10)11;;/h7H,3-5H2,1-2H3,(H,10,11);;/q;+1;-1. The zero-order chi connectivity index (χ0) is 10.3. The smallest absolute Gasteiger partial charge is 1.00 e. The Morgan fingerprint density at radius 2 is 1.86 bits per heavy atom. The van der Waals surface area contributed by atoms with Crippen molar-refractivity contribution in [2.75, 3.05) is 14.2 Å². The summed E-state index contributed by atoms with van der Waals surface area (Å²) >= 11 is 0. The third kappa shape index (κ3) is 7.10. The molecule has 0 heterocycles. The quantitative estimate of drug-likeness (QED) is 0.279. The van der Waals surface area contributed by atoms with E-state index in [-0.39, 0.29) is 33.0 Å². The molecule has 78 valence electrons. The fourth-order valence-corrected chi connectivity index (χ4v) is 0.868. The van der Waals surface area contributed by atoms with E-state index >= 15 is 0 Å². The van der Waals surface area contributed by atoms with Gasteiger partial charge in [0.25, 0.3) is 0 Å². The van der Waals surface area contributed by atoms with Gasteiger partial charge >= 0.3 is 24.8 Å². The third-order valence-corrected chi connectivity index (χ3v) is 1.61. The van der Waals surface area contributed by atoms with E-state index in [2.05, 4.69) is 0 Å². The van der Waals surface area contributed by atoms with Crippen LogP contribution in [0.5, 0.6) is 0 Å². The number of ether oxygens (including phenoxy) is 2. The molecule has 0 bridgehead atoms. The van der Waals surface area contributed by atoms with Crippen molar-refractivity contribution >= 4 is 11.8 Å². The summed E-state index contributed by atoms with van der Waals surface area (Å²) in [5.41, 5.74) is 0. The summed E-state index contributed by atoms with van der Waals surface area (Å²) in [6.45, 7) is 0. The molecule has 0 fully saturated rings. The van der Waals surface area contributed by atoms with Crippen LogP contribution in [0.2, 0.25) is 0 Å². The summed E-state index contributed by atoms with van der Waals surface area (Å²) in [5.74, 6) is -2.16. The average Bonchev–Trinajstić information content (AvgIpc) is 2.12. The summed E-state index contributed by atoms with van der Waals surface area (Å²) in [6.07, 6.45) is 0.642.